The Hall–Kier alpha value is -0.0800. The van der Waals surface area contributed by atoms with Gasteiger partial charge in [-0.2, -0.15) is 0 Å². The average molecular weight is 170 g/mol. The van der Waals surface area contributed by atoms with Crippen LogP contribution in [0.25, 0.3) is 0 Å². The Morgan fingerprint density at radius 2 is 2.25 bits per heavy atom. The van der Waals surface area contributed by atoms with Gasteiger partial charge in [0, 0.05) is 12.6 Å². The lowest BCUT2D eigenvalue weighted by molar-refractivity contribution is 0.515. The lowest BCUT2D eigenvalue weighted by Crippen LogP contribution is -2.34. The molecule has 1 atom stereocenters. The fraction of sp³-hybridized carbons (Fsp3) is 1.00. The average Bonchev–Trinajstić information content (AvgIpc) is 2.84. The van der Waals surface area contributed by atoms with E-state index < -0.39 is 0 Å². The molecule has 0 amide bonds. The van der Waals surface area contributed by atoms with E-state index in [1.807, 2.05) is 0 Å². The summed E-state index contributed by atoms with van der Waals surface area (Å²) in [4.78, 5) is 0. The molecule has 2 heteroatoms. The molecule has 0 radical (unpaired) electrons. The smallest absolute Gasteiger partial charge is 0.0165 e. The quantitative estimate of drug-likeness (QED) is 0.607. The molecule has 0 saturated heterocycles. The summed E-state index contributed by atoms with van der Waals surface area (Å²) >= 11 is 0. The Kier molecular flexibility index (Phi) is 4.62. The third-order valence-corrected chi connectivity index (χ3v) is 2.46. The van der Waals surface area contributed by atoms with Gasteiger partial charge in [-0.05, 0) is 31.7 Å². The zero-order chi connectivity index (χ0) is 8.81. The van der Waals surface area contributed by atoms with Crippen molar-refractivity contribution in [3.63, 3.8) is 0 Å². The summed E-state index contributed by atoms with van der Waals surface area (Å²) in [5.41, 5.74) is 5.90. The largest absolute Gasteiger partial charge is 0.327 e. The molecule has 0 spiro atoms. The molecular weight excluding hydrogens is 148 g/mol. The molecular formula is C10H22N2. The van der Waals surface area contributed by atoms with Gasteiger partial charge in [0.2, 0.25) is 0 Å². The van der Waals surface area contributed by atoms with Crippen molar-refractivity contribution in [2.45, 2.75) is 45.1 Å². The van der Waals surface area contributed by atoms with Gasteiger partial charge in [-0.15, -0.1) is 0 Å². The van der Waals surface area contributed by atoms with Crippen molar-refractivity contribution in [2.24, 2.45) is 11.7 Å². The second kappa shape index (κ2) is 5.55. The molecule has 0 aromatic rings. The number of nitrogens with one attached hydrogen (secondary N) is 1. The summed E-state index contributed by atoms with van der Waals surface area (Å²) in [7, 11) is 0. The predicted octanol–water partition coefficient (Wildman–Crippen LogP) is 1.50. The Morgan fingerprint density at radius 3 is 2.83 bits per heavy atom. The number of unbranched alkanes of at least 4 members (excludes halogenated alkanes) is 1. The molecule has 0 bridgehead atoms. The zero-order valence-electron chi connectivity index (χ0n) is 8.18. The topological polar surface area (TPSA) is 38.0 Å². The van der Waals surface area contributed by atoms with Crippen LogP contribution in [-0.4, -0.2) is 19.1 Å². The van der Waals surface area contributed by atoms with Gasteiger partial charge >= 0.3 is 0 Å². The lowest BCUT2D eigenvalue weighted by atomic mass is 10.1. The minimum atomic E-state index is 0.378. The first-order valence-corrected chi connectivity index (χ1v) is 5.29. The van der Waals surface area contributed by atoms with Crippen LogP contribution in [0.15, 0.2) is 0 Å². The first-order valence-electron chi connectivity index (χ1n) is 5.29. The maximum atomic E-state index is 5.90. The molecule has 2 nitrogen and oxygen atoms in total. The fourth-order valence-corrected chi connectivity index (χ4v) is 1.36. The van der Waals surface area contributed by atoms with Crippen LogP contribution >= 0.6 is 0 Å². The molecule has 1 unspecified atom stereocenters. The number of rotatable bonds is 7. The van der Waals surface area contributed by atoms with Gasteiger partial charge in [0.1, 0.15) is 0 Å². The van der Waals surface area contributed by atoms with Crippen LogP contribution in [0.5, 0.6) is 0 Å². The van der Waals surface area contributed by atoms with E-state index in [4.69, 9.17) is 5.73 Å². The van der Waals surface area contributed by atoms with E-state index in [0.29, 0.717) is 6.04 Å². The first-order chi connectivity index (χ1) is 5.83. The molecule has 72 valence electrons. The van der Waals surface area contributed by atoms with Crippen LogP contribution in [0.2, 0.25) is 0 Å². The Bertz CT molecular complexity index is 110. The van der Waals surface area contributed by atoms with Crippen LogP contribution < -0.4 is 11.1 Å². The lowest BCUT2D eigenvalue weighted by Gasteiger charge is -2.11. The molecule has 1 saturated carbocycles. The monoisotopic (exact) mass is 170 g/mol. The van der Waals surface area contributed by atoms with E-state index in [-0.39, 0.29) is 0 Å². The first kappa shape index (κ1) is 10.0. The Balaban J connectivity index is 1.83. The van der Waals surface area contributed by atoms with Gasteiger partial charge in [0.25, 0.3) is 0 Å². The standard InChI is InChI=1S/C10H22N2/c1-2-3-4-10(11)8-12-7-9-5-6-9/h9-10,12H,2-8,11H2,1H3. The highest BCUT2D eigenvalue weighted by Crippen LogP contribution is 2.27. The summed E-state index contributed by atoms with van der Waals surface area (Å²) in [6.45, 7) is 4.42. The predicted molar refractivity (Wildman–Crippen MR) is 53.1 cm³/mol. The van der Waals surface area contributed by atoms with Gasteiger partial charge in [-0.3, -0.25) is 0 Å². The number of nitrogens with two attached hydrogens (primary N) is 1. The summed E-state index contributed by atoms with van der Waals surface area (Å²) in [6, 6.07) is 0.378. The molecule has 1 fully saturated rings. The van der Waals surface area contributed by atoms with Gasteiger partial charge in [-0.1, -0.05) is 19.8 Å². The summed E-state index contributed by atoms with van der Waals surface area (Å²) in [5, 5.41) is 3.43. The van der Waals surface area contributed by atoms with Crippen LogP contribution in [-0.2, 0) is 0 Å². The number of hydrogen-bond donors (Lipinski definition) is 2. The van der Waals surface area contributed by atoms with Gasteiger partial charge < -0.3 is 11.1 Å². The summed E-state index contributed by atoms with van der Waals surface area (Å²) in [6.07, 6.45) is 6.56. The van der Waals surface area contributed by atoms with Crippen molar-refractivity contribution in [3.8, 4) is 0 Å². The Labute approximate surface area is 75.9 Å². The van der Waals surface area contributed by atoms with Gasteiger partial charge in [-0.25, -0.2) is 0 Å². The third kappa shape index (κ3) is 4.73. The second-order valence-electron chi connectivity index (χ2n) is 4.00. The molecule has 0 heterocycles. The number of hydrogen-bond acceptors (Lipinski definition) is 2. The van der Waals surface area contributed by atoms with Crippen LogP contribution in [0.3, 0.4) is 0 Å². The highest BCUT2D eigenvalue weighted by atomic mass is 14.9. The van der Waals surface area contributed by atoms with E-state index in [1.165, 1.54) is 38.6 Å². The van der Waals surface area contributed by atoms with E-state index >= 15 is 0 Å². The van der Waals surface area contributed by atoms with Crippen molar-refractivity contribution >= 4 is 0 Å². The van der Waals surface area contributed by atoms with Crippen molar-refractivity contribution in [3.05, 3.63) is 0 Å². The highest BCUT2D eigenvalue weighted by Gasteiger charge is 2.20. The minimum absolute atomic E-state index is 0.378. The minimum Gasteiger partial charge on any atom is -0.327 e. The van der Waals surface area contributed by atoms with E-state index in [9.17, 15) is 0 Å². The SMILES string of the molecule is CCCCC(N)CNCC1CC1. The third-order valence-electron chi connectivity index (χ3n) is 2.46. The normalized spacial score (nSPS) is 19.5. The Morgan fingerprint density at radius 1 is 1.50 bits per heavy atom. The molecule has 1 aliphatic carbocycles. The summed E-state index contributed by atoms with van der Waals surface area (Å²) < 4.78 is 0. The zero-order valence-corrected chi connectivity index (χ0v) is 8.18. The van der Waals surface area contributed by atoms with Crippen molar-refractivity contribution in [1.29, 1.82) is 0 Å². The molecule has 1 rings (SSSR count). The van der Waals surface area contributed by atoms with Crippen LogP contribution in [0, 0.1) is 5.92 Å². The maximum absolute atomic E-state index is 5.90. The van der Waals surface area contributed by atoms with Gasteiger partial charge in [0.05, 0.1) is 0 Å². The molecule has 0 aromatic heterocycles. The van der Waals surface area contributed by atoms with E-state index in [0.717, 1.165) is 12.5 Å². The maximum Gasteiger partial charge on any atom is 0.0165 e. The molecule has 0 aliphatic heterocycles. The van der Waals surface area contributed by atoms with Crippen molar-refractivity contribution < 1.29 is 0 Å². The summed E-state index contributed by atoms with van der Waals surface area (Å²) in [5.74, 6) is 0.975. The van der Waals surface area contributed by atoms with E-state index in [1.54, 1.807) is 0 Å². The van der Waals surface area contributed by atoms with Crippen molar-refractivity contribution in [2.75, 3.05) is 13.1 Å². The molecule has 3 N–H and O–H groups in total. The fourth-order valence-electron chi connectivity index (χ4n) is 1.36. The van der Waals surface area contributed by atoms with E-state index in [2.05, 4.69) is 12.2 Å². The highest BCUT2D eigenvalue weighted by molar-refractivity contribution is 4.76. The van der Waals surface area contributed by atoms with Crippen LogP contribution in [0.4, 0.5) is 0 Å². The van der Waals surface area contributed by atoms with Crippen LogP contribution in [0.1, 0.15) is 39.0 Å². The molecule has 1 aliphatic rings. The van der Waals surface area contributed by atoms with Crippen molar-refractivity contribution in [1.82, 2.24) is 5.32 Å². The van der Waals surface area contributed by atoms with Gasteiger partial charge in [0.15, 0.2) is 0 Å². The second-order valence-corrected chi connectivity index (χ2v) is 4.00. The molecule has 12 heavy (non-hydrogen) atoms. The molecule has 0 aromatic carbocycles.